The lowest BCUT2D eigenvalue weighted by Crippen LogP contribution is -2.16. The molecule has 1 heterocycles. The molecule has 4 heteroatoms. The molecular weight excluding hydrogens is 188 g/mol. The molecule has 0 aromatic carbocycles. The Kier molecular flexibility index (Phi) is 5.04. The highest BCUT2D eigenvalue weighted by Crippen LogP contribution is 2.00. The molecule has 0 amide bonds. The van der Waals surface area contributed by atoms with Gasteiger partial charge in [-0.15, -0.1) is 0 Å². The summed E-state index contributed by atoms with van der Waals surface area (Å²) in [5, 5.41) is 6.26. The predicted molar refractivity (Wildman–Crippen MR) is 62.7 cm³/mol. The van der Waals surface area contributed by atoms with Crippen molar-refractivity contribution in [1.29, 1.82) is 0 Å². The van der Waals surface area contributed by atoms with Gasteiger partial charge in [0.1, 0.15) is 0 Å². The van der Waals surface area contributed by atoms with Crippen LogP contribution >= 0.6 is 0 Å². The standard InChI is InChI=1S/C11H20N4/c1-9(2)4-5-13-6-10-7-14-11(12-3)15-8-10/h7-9,13H,4-6H2,1-3H3,(H,12,14,15). The van der Waals surface area contributed by atoms with Gasteiger partial charge in [-0.1, -0.05) is 13.8 Å². The van der Waals surface area contributed by atoms with Crippen molar-refractivity contribution < 1.29 is 0 Å². The molecule has 0 saturated carbocycles. The van der Waals surface area contributed by atoms with Gasteiger partial charge >= 0.3 is 0 Å². The highest BCUT2D eigenvalue weighted by molar-refractivity contribution is 5.22. The number of hydrogen-bond acceptors (Lipinski definition) is 4. The number of rotatable bonds is 6. The predicted octanol–water partition coefficient (Wildman–Crippen LogP) is 1.65. The zero-order valence-corrected chi connectivity index (χ0v) is 9.75. The Bertz CT molecular complexity index is 268. The lowest BCUT2D eigenvalue weighted by molar-refractivity contribution is 0.537. The van der Waals surface area contributed by atoms with Crippen LogP contribution < -0.4 is 10.6 Å². The van der Waals surface area contributed by atoms with Crippen molar-refractivity contribution >= 4 is 5.95 Å². The Balaban J connectivity index is 2.25. The van der Waals surface area contributed by atoms with Crippen LogP contribution in [0.5, 0.6) is 0 Å². The van der Waals surface area contributed by atoms with Crippen molar-refractivity contribution in [3.8, 4) is 0 Å². The second-order valence-corrected chi connectivity index (χ2v) is 4.02. The van der Waals surface area contributed by atoms with Crippen LogP contribution in [0.3, 0.4) is 0 Å². The minimum Gasteiger partial charge on any atom is -0.357 e. The van der Waals surface area contributed by atoms with Gasteiger partial charge < -0.3 is 10.6 Å². The molecule has 1 aromatic heterocycles. The van der Waals surface area contributed by atoms with E-state index in [0.717, 1.165) is 24.6 Å². The summed E-state index contributed by atoms with van der Waals surface area (Å²) in [6.45, 7) is 6.35. The van der Waals surface area contributed by atoms with Gasteiger partial charge in [0.15, 0.2) is 0 Å². The molecular formula is C11H20N4. The van der Waals surface area contributed by atoms with E-state index in [1.165, 1.54) is 6.42 Å². The maximum Gasteiger partial charge on any atom is 0.222 e. The van der Waals surface area contributed by atoms with Crippen LogP contribution in [-0.2, 0) is 6.54 Å². The van der Waals surface area contributed by atoms with Crippen LogP contribution in [0.2, 0.25) is 0 Å². The van der Waals surface area contributed by atoms with Crippen molar-refractivity contribution in [2.45, 2.75) is 26.8 Å². The molecule has 0 bridgehead atoms. The second kappa shape index (κ2) is 6.35. The molecule has 0 atom stereocenters. The smallest absolute Gasteiger partial charge is 0.222 e. The van der Waals surface area contributed by atoms with Crippen molar-refractivity contribution in [2.24, 2.45) is 5.92 Å². The van der Waals surface area contributed by atoms with E-state index in [1.807, 2.05) is 19.4 Å². The van der Waals surface area contributed by atoms with E-state index in [-0.39, 0.29) is 0 Å². The lowest BCUT2D eigenvalue weighted by Gasteiger charge is -2.06. The minimum absolute atomic E-state index is 0.668. The Morgan fingerprint density at radius 3 is 2.47 bits per heavy atom. The molecule has 15 heavy (non-hydrogen) atoms. The van der Waals surface area contributed by atoms with Gasteiger partial charge in [0.2, 0.25) is 5.95 Å². The summed E-state index contributed by atoms with van der Waals surface area (Å²) in [5.74, 6) is 1.42. The van der Waals surface area contributed by atoms with Crippen molar-refractivity contribution in [2.75, 3.05) is 18.9 Å². The SMILES string of the molecule is CNc1ncc(CNCCC(C)C)cn1. The quantitative estimate of drug-likeness (QED) is 0.698. The van der Waals surface area contributed by atoms with E-state index in [1.54, 1.807) is 0 Å². The van der Waals surface area contributed by atoms with Gasteiger partial charge in [0, 0.05) is 31.5 Å². The summed E-state index contributed by atoms with van der Waals surface area (Å²) in [4.78, 5) is 8.30. The topological polar surface area (TPSA) is 49.8 Å². The third-order valence-corrected chi connectivity index (χ3v) is 2.16. The van der Waals surface area contributed by atoms with Gasteiger partial charge in [-0.05, 0) is 18.9 Å². The van der Waals surface area contributed by atoms with E-state index in [9.17, 15) is 0 Å². The molecule has 0 aliphatic heterocycles. The van der Waals surface area contributed by atoms with E-state index < -0.39 is 0 Å². The number of hydrogen-bond donors (Lipinski definition) is 2. The maximum absolute atomic E-state index is 4.15. The Morgan fingerprint density at radius 1 is 1.27 bits per heavy atom. The van der Waals surface area contributed by atoms with Crippen molar-refractivity contribution in [1.82, 2.24) is 15.3 Å². The summed E-state index contributed by atoms with van der Waals surface area (Å²) in [6.07, 6.45) is 4.90. The monoisotopic (exact) mass is 208 g/mol. The van der Waals surface area contributed by atoms with Gasteiger partial charge in [0.25, 0.3) is 0 Å². The van der Waals surface area contributed by atoms with E-state index >= 15 is 0 Å². The molecule has 0 aliphatic rings. The molecule has 0 aliphatic carbocycles. The fourth-order valence-corrected chi connectivity index (χ4v) is 1.20. The Morgan fingerprint density at radius 2 is 1.93 bits per heavy atom. The van der Waals surface area contributed by atoms with E-state index in [2.05, 4.69) is 34.4 Å². The molecule has 1 rings (SSSR count). The van der Waals surface area contributed by atoms with Gasteiger partial charge in [0.05, 0.1) is 0 Å². The van der Waals surface area contributed by atoms with Crippen molar-refractivity contribution in [3.05, 3.63) is 18.0 Å². The molecule has 0 saturated heterocycles. The number of nitrogens with zero attached hydrogens (tertiary/aromatic N) is 2. The molecule has 1 aromatic rings. The Hall–Kier alpha value is -1.16. The fraction of sp³-hybridized carbons (Fsp3) is 0.636. The zero-order valence-electron chi connectivity index (χ0n) is 9.75. The van der Waals surface area contributed by atoms with Crippen molar-refractivity contribution in [3.63, 3.8) is 0 Å². The second-order valence-electron chi connectivity index (χ2n) is 4.02. The summed E-state index contributed by atoms with van der Waals surface area (Å²) in [6, 6.07) is 0. The molecule has 0 fully saturated rings. The number of aromatic nitrogens is 2. The van der Waals surface area contributed by atoms with Crippen LogP contribution in [0.4, 0.5) is 5.95 Å². The third-order valence-electron chi connectivity index (χ3n) is 2.16. The highest BCUT2D eigenvalue weighted by Gasteiger charge is 1.96. The first-order valence-electron chi connectivity index (χ1n) is 5.41. The lowest BCUT2D eigenvalue weighted by atomic mass is 10.1. The number of anilines is 1. The Labute approximate surface area is 91.5 Å². The normalized spacial score (nSPS) is 10.7. The van der Waals surface area contributed by atoms with Crippen LogP contribution in [0, 0.1) is 5.92 Å². The summed E-state index contributed by atoms with van der Waals surface area (Å²) in [5.41, 5.74) is 1.12. The van der Waals surface area contributed by atoms with Crippen LogP contribution in [0.25, 0.3) is 0 Å². The van der Waals surface area contributed by atoms with Gasteiger partial charge in [-0.2, -0.15) is 0 Å². The zero-order chi connectivity index (χ0) is 11.1. The molecule has 2 N–H and O–H groups in total. The van der Waals surface area contributed by atoms with Crippen LogP contribution in [0.15, 0.2) is 12.4 Å². The first kappa shape index (κ1) is 11.9. The molecule has 0 radical (unpaired) electrons. The largest absolute Gasteiger partial charge is 0.357 e. The fourth-order valence-electron chi connectivity index (χ4n) is 1.20. The third kappa shape index (κ3) is 4.74. The summed E-state index contributed by atoms with van der Waals surface area (Å²) >= 11 is 0. The first-order chi connectivity index (χ1) is 7.22. The molecule has 84 valence electrons. The molecule has 4 nitrogen and oxygen atoms in total. The summed E-state index contributed by atoms with van der Waals surface area (Å²) in [7, 11) is 1.82. The average molecular weight is 208 g/mol. The number of nitrogens with one attached hydrogen (secondary N) is 2. The molecule has 0 unspecified atom stereocenters. The summed E-state index contributed by atoms with van der Waals surface area (Å²) < 4.78 is 0. The van der Waals surface area contributed by atoms with Crippen LogP contribution in [0.1, 0.15) is 25.8 Å². The van der Waals surface area contributed by atoms with Crippen LogP contribution in [-0.4, -0.2) is 23.6 Å². The first-order valence-corrected chi connectivity index (χ1v) is 5.41. The average Bonchev–Trinajstić information content (AvgIpc) is 2.25. The van der Waals surface area contributed by atoms with Gasteiger partial charge in [-0.25, -0.2) is 9.97 Å². The molecule has 0 spiro atoms. The maximum atomic E-state index is 4.15. The van der Waals surface area contributed by atoms with Gasteiger partial charge in [-0.3, -0.25) is 0 Å². The van der Waals surface area contributed by atoms with E-state index in [4.69, 9.17) is 0 Å². The highest BCUT2D eigenvalue weighted by atomic mass is 15.1. The minimum atomic E-state index is 0.668. The van der Waals surface area contributed by atoms with E-state index in [0.29, 0.717) is 5.95 Å².